The SMILES string of the molecule is Cc1ccccc1-c1nn(-c2ccccc2)cc1C(=O)N1CCC(C(=O)Nc2nncs2)CC1. The first kappa shape index (κ1) is 22.0. The lowest BCUT2D eigenvalue weighted by atomic mass is 9.95. The Morgan fingerprint density at radius 3 is 2.47 bits per heavy atom. The lowest BCUT2D eigenvalue weighted by molar-refractivity contribution is -0.121. The number of carbonyl (C=O) groups excluding carboxylic acids is 2. The van der Waals surface area contributed by atoms with Crippen molar-refractivity contribution in [1.29, 1.82) is 0 Å². The largest absolute Gasteiger partial charge is 0.338 e. The number of likely N-dealkylation sites (tertiary alicyclic amines) is 1. The number of aryl methyl sites for hydroxylation is 1. The summed E-state index contributed by atoms with van der Waals surface area (Å²) in [5.41, 5.74) is 5.70. The Kier molecular flexibility index (Phi) is 6.18. The van der Waals surface area contributed by atoms with Crippen LogP contribution in [0.5, 0.6) is 0 Å². The minimum atomic E-state index is -0.157. The van der Waals surface area contributed by atoms with Crippen LogP contribution in [0.1, 0.15) is 28.8 Å². The molecule has 172 valence electrons. The van der Waals surface area contributed by atoms with E-state index >= 15 is 0 Å². The summed E-state index contributed by atoms with van der Waals surface area (Å²) < 4.78 is 1.76. The van der Waals surface area contributed by atoms with Crippen LogP contribution >= 0.6 is 11.3 Å². The number of piperidine rings is 1. The monoisotopic (exact) mass is 472 g/mol. The van der Waals surface area contributed by atoms with Gasteiger partial charge in [-0.3, -0.25) is 9.59 Å². The first-order valence-corrected chi connectivity index (χ1v) is 12.1. The van der Waals surface area contributed by atoms with E-state index < -0.39 is 0 Å². The van der Waals surface area contributed by atoms with Crippen LogP contribution in [0.15, 0.2) is 66.3 Å². The summed E-state index contributed by atoms with van der Waals surface area (Å²) in [7, 11) is 0. The molecule has 2 aromatic heterocycles. The van der Waals surface area contributed by atoms with Gasteiger partial charge in [-0.1, -0.05) is 53.8 Å². The molecule has 9 heteroatoms. The van der Waals surface area contributed by atoms with E-state index in [4.69, 9.17) is 5.10 Å². The second-order valence-corrected chi connectivity index (χ2v) is 9.12. The van der Waals surface area contributed by atoms with Crippen molar-refractivity contribution in [3.05, 3.63) is 77.4 Å². The van der Waals surface area contributed by atoms with Crippen molar-refractivity contribution in [2.24, 2.45) is 5.92 Å². The highest BCUT2D eigenvalue weighted by molar-refractivity contribution is 7.13. The summed E-state index contributed by atoms with van der Waals surface area (Å²) in [4.78, 5) is 28.0. The molecule has 0 aliphatic carbocycles. The van der Waals surface area contributed by atoms with Crippen LogP contribution in [-0.4, -0.2) is 49.8 Å². The highest BCUT2D eigenvalue weighted by Crippen LogP contribution is 2.29. The smallest absolute Gasteiger partial charge is 0.257 e. The molecule has 2 aromatic carbocycles. The van der Waals surface area contributed by atoms with E-state index in [0.29, 0.717) is 42.3 Å². The molecule has 1 N–H and O–H groups in total. The molecule has 8 nitrogen and oxygen atoms in total. The number of nitrogens with one attached hydrogen (secondary N) is 1. The number of aromatic nitrogens is 4. The summed E-state index contributed by atoms with van der Waals surface area (Å²) in [5, 5.41) is 15.7. The van der Waals surface area contributed by atoms with Crippen molar-refractivity contribution >= 4 is 28.3 Å². The fraction of sp³-hybridized carbons (Fsp3) is 0.240. The number of carbonyl (C=O) groups is 2. The van der Waals surface area contributed by atoms with Crippen molar-refractivity contribution in [3.8, 4) is 16.9 Å². The van der Waals surface area contributed by atoms with Gasteiger partial charge in [-0.2, -0.15) is 5.10 Å². The van der Waals surface area contributed by atoms with Crippen molar-refractivity contribution in [2.45, 2.75) is 19.8 Å². The summed E-state index contributed by atoms with van der Waals surface area (Å²) >= 11 is 1.29. The molecule has 0 unspecified atom stereocenters. The number of amides is 2. The maximum atomic E-state index is 13.6. The Hall–Kier alpha value is -3.85. The standard InChI is InChI=1S/C25H24N6O2S/c1-17-7-5-6-10-20(17)22-21(15-31(29-22)19-8-3-2-4-9-19)24(33)30-13-11-18(12-14-30)23(32)27-25-28-26-16-34-25/h2-10,15-16,18H,11-14H2,1H3,(H,27,28,32). The highest BCUT2D eigenvalue weighted by atomic mass is 32.1. The molecule has 1 fully saturated rings. The third-order valence-corrected chi connectivity index (χ3v) is 6.72. The van der Waals surface area contributed by atoms with Crippen LogP contribution in [0.25, 0.3) is 16.9 Å². The van der Waals surface area contributed by atoms with E-state index in [1.807, 2.05) is 72.6 Å². The molecule has 0 bridgehead atoms. The van der Waals surface area contributed by atoms with Crippen molar-refractivity contribution in [1.82, 2.24) is 24.9 Å². The fourth-order valence-corrected chi connectivity index (χ4v) is 4.68. The number of para-hydroxylation sites is 1. The van der Waals surface area contributed by atoms with Gasteiger partial charge in [0, 0.05) is 30.8 Å². The third kappa shape index (κ3) is 4.47. The summed E-state index contributed by atoms with van der Waals surface area (Å²) in [5.74, 6) is -0.291. The van der Waals surface area contributed by atoms with Gasteiger partial charge in [0.25, 0.3) is 5.91 Å². The summed E-state index contributed by atoms with van der Waals surface area (Å²) in [6.45, 7) is 3.04. The van der Waals surface area contributed by atoms with Gasteiger partial charge >= 0.3 is 0 Å². The van der Waals surface area contributed by atoms with Crippen molar-refractivity contribution in [3.63, 3.8) is 0 Å². The summed E-state index contributed by atoms with van der Waals surface area (Å²) in [6, 6.07) is 17.7. The van der Waals surface area contributed by atoms with Gasteiger partial charge in [-0.15, -0.1) is 10.2 Å². The van der Waals surface area contributed by atoms with Crippen LogP contribution in [0.3, 0.4) is 0 Å². The van der Waals surface area contributed by atoms with Crippen molar-refractivity contribution < 1.29 is 9.59 Å². The molecule has 2 amide bonds. The maximum absolute atomic E-state index is 13.6. The molecule has 1 aliphatic rings. The predicted octanol–water partition coefficient (Wildman–Crippen LogP) is 4.19. The minimum Gasteiger partial charge on any atom is -0.338 e. The number of anilines is 1. The Labute approximate surface area is 201 Å². The molecule has 4 aromatic rings. The van der Waals surface area contributed by atoms with Crippen LogP contribution < -0.4 is 5.32 Å². The van der Waals surface area contributed by atoms with E-state index in [9.17, 15) is 9.59 Å². The lowest BCUT2D eigenvalue weighted by Gasteiger charge is -2.31. The van der Waals surface area contributed by atoms with Crippen LogP contribution in [0, 0.1) is 12.8 Å². The molecular weight excluding hydrogens is 448 g/mol. The molecule has 3 heterocycles. The van der Waals surface area contributed by atoms with Gasteiger partial charge < -0.3 is 10.2 Å². The second-order valence-electron chi connectivity index (χ2n) is 8.29. The molecule has 0 radical (unpaired) electrons. The molecule has 1 aliphatic heterocycles. The minimum absolute atomic E-state index is 0.0663. The fourth-order valence-electron chi connectivity index (χ4n) is 4.23. The van der Waals surface area contributed by atoms with Crippen LogP contribution in [0.4, 0.5) is 5.13 Å². The Balaban J connectivity index is 1.37. The second kappa shape index (κ2) is 9.56. The molecule has 0 atom stereocenters. The molecule has 0 saturated carbocycles. The van der Waals surface area contributed by atoms with Gasteiger partial charge in [-0.25, -0.2) is 4.68 Å². The Morgan fingerprint density at radius 1 is 1.03 bits per heavy atom. The topological polar surface area (TPSA) is 93.0 Å². The number of rotatable bonds is 5. The van der Waals surface area contributed by atoms with E-state index in [1.165, 1.54) is 11.3 Å². The third-order valence-electron chi connectivity index (χ3n) is 6.11. The Bertz CT molecular complexity index is 1290. The van der Waals surface area contributed by atoms with Gasteiger partial charge in [0.2, 0.25) is 11.0 Å². The lowest BCUT2D eigenvalue weighted by Crippen LogP contribution is -2.41. The predicted molar refractivity (Wildman–Crippen MR) is 131 cm³/mol. The van der Waals surface area contributed by atoms with E-state index in [-0.39, 0.29) is 17.7 Å². The normalized spacial score (nSPS) is 14.2. The van der Waals surface area contributed by atoms with Crippen molar-refractivity contribution in [2.75, 3.05) is 18.4 Å². The van der Waals surface area contributed by atoms with E-state index in [0.717, 1.165) is 16.8 Å². The molecule has 1 saturated heterocycles. The zero-order valence-electron chi connectivity index (χ0n) is 18.7. The van der Waals surface area contributed by atoms with Crippen LogP contribution in [-0.2, 0) is 4.79 Å². The van der Waals surface area contributed by atoms with Gasteiger partial charge in [-0.05, 0) is 37.5 Å². The quantitative estimate of drug-likeness (QED) is 0.470. The number of hydrogen-bond donors (Lipinski definition) is 1. The molecule has 34 heavy (non-hydrogen) atoms. The highest BCUT2D eigenvalue weighted by Gasteiger charge is 2.30. The zero-order valence-corrected chi connectivity index (χ0v) is 19.5. The zero-order chi connectivity index (χ0) is 23.5. The van der Waals surface area contributed by atoms with E-state index in [2.05, 4.69) is 15.5 Å². The first-order chi connectivity index (χ1) is 16.6. The van der Waals surface area contributed by atoms with Gasteiger partial charge in [0.15, 0.2) is 0 Å². The maximum Gasteiger partial charge on any atom is 0.257 e. The van der Waals surface area contributed by atoms with Crippen LogP contribution in [0.2, 0.25) is 0 Å². The Morgan fingerprint density at radius 2 is 1.76 bits per heavy atom. The molecule has 5 rings (SSSR count). The molecular formula is C25H24N6O2S. The molecule has 0 spiro atoms. The number of nitrogens with zero attached hydrogens (tertiary/aromatic N) is 5. The van der Waals surface area contributed by atoms with Gasteiger partial charge in [0.1, 0.15) is 11.2 Å². The first-order valence-electron chi connectivity index (χ1n) is 11.2. The van der Waals surface area contributed by atoms with Gasteiger partial charge in [0.05, 0.1) is 11.3 Å². The number of benzene rings is 2. The average molecular weight is 473 g/mol. The summed E-state index contributed by atoms with van der Waals surface area (Å²) in [6.07, 6.45) is 3.01. The van der Waals surface area contributed by atoms with E-state index in [1.54, 1.807) is 10.2 Å². The average Bonchev–Trinajstić information content (AvgIpc) is 3.55. The number of hydrogen-bond acceptors (Lipinski definition) is 6.